The molecule has 0 saturated carbocycles. The monoisotopic (exact) mass is 246 g/mol. The molecule has 1 aliphatic carbocycles. The van der Waals surface area contributed by atoms with Crippen LogP contribution in [-0.2, 0) is 0 Å². The smallest absolute Gasteiger partial charge is 0.378 e. The first-order valence-corrected chi connectivity index (χ1v) is 5.01. The maximum absolute atomic E-state index is 12.9. The van der Waals surface area contributed by atoms with E-state index in [1.165, 1.54) is 0 Å². The maximum Gasteiger partial charge on any atom is 0.415 e. The number of aliphatic hydroxyl groups is 1. The molecule has 1 aliphatic rings. The molecule has 0 aromatic rings. The van der Waals surface area contributed by atoms with Gasteiger partial charge < -0.3 is 5.11 Å². The Morgan fingerprint density at radius 1 is 1.47 bits per heavy atom. The van der Waals surface area contributed by atoms with Gasteiger partial charge in [0.05, 0.1) is 5.57 Å². The van der Waals surface area contributed by atoms with E-state index >= 15 is 0 Å². The summed E-state index contributed by atoms with van der Waals surface area (Å²) < 4.78 is 49.8. The number of hydrogen-bond acceptors (Lipinski definition) is 1. The van der Waals surface area contributed by atoms with Crippen LogP contribution in [0.3, 0.4) is 0 Å². The van der Waals surface area contributed by atoms with Crippen molar-refractivity contribution >= 4 is 11.6 Å². The van der Waals surface area contributed by atoms with Crippen LogP contribution in [-0.4, -0.2) is 16.8 Å². The molecule has 2 atom stereocenters. The van der Waals surface area contributed by atoms with Crippen molar-refractivity contribution < 1.29 is 22.7 Å². The van der Waals surface area contributed by atoms with Gasteiger partial charge in [-0.2, -0.15) is 13.2 Å². The van der Waals surface area contributed by atoms with Crippen LogP contribution in [0, 0.1) is 5.92 Å². The Bertz CT molecular complexity index is 259. The Kier molecular flexibility index (Phi) is 4.00. The van der Waals surface area contributed by atoms with Crippen molar-refractivity contribution in [3.05, 3.63) is 11.4 Å². The van der Waals surface area contributed by atoms with Gasteiger partial charge in [-0.1, -0.05) is 11.6 Å². The second-order valence-corrected chi connectivity index (χ2v) is 4.16. The van der Waals surface area contributed by atoms with E-state index in [-0.39, 0.29) is 19.3 Å². The molecule has 0 radical (unpaired) electrons. The fourth-order valence-corrected chi connectivity index (χ4v) is 1.98. The van der Waals surface area contributed by atoms with Gasteiger partial charge in [0.2, 0.25) is 0 Å². The van der Waals surface area contributed by atoms with Gasteiger partial charge in [0.1, 0.15) is 11.4 Å². The third kappa shape index (κ3) is 3.65. The van der Waals surface area contributed by atoms with E-state index < -0.39 is 29.1 Å². The molecule has 1 N–H and O–H groups in total. The minimum absolute atomic E-state index is 0.0639. The lowest BCUT2D eigenvalue weighted by molar-refractivity contribution is -0.0992. The average Bonchev–Trinajstić information content (AvgIpc) is 2.05. The molecule has 15 heavy (non-hydrogen) atoms. The SMILES string of the molecule is OC(Cl)CC1CCC(F)=C(C(F)(F)F)C1. The van der Waals surface area contributed by atoms with Crippen molar-refractivity contribution in [2.24, 2.45) is 5.92 Å². The molecule has 88 valence electrons. The van der Waals surface area contributed by atoms with E-state index in [9.17, 15) is 17.6 Å². The van der Waals surface area contributed by atoms with Crippen molar-refractivity contribution in [1.82, 2.24) is 0 Å². The standard InChI is InChI=1S/C9H11ClF4O/c10-8(15)4-5-1-2-7(11)6(3-5)9(12,13)14/h5,8,15H,1-4H2. The maximum atomic E-state index is 12.9. The largest absolute Gasteiger partial charge is 0.415 e. The normalized spacial score (nSPS) is 25.6. The van der Waals surface area contributed by atoms with E-state index in [1.807, 2.05) is 0 Å². The highest BCUT2D eigenvalue weighted by Gasteiger charge is 2.40. The van der Waals surface area contributed by atoms with Crippen LogP contribution in [0.5, 0.6) is 0 Å². The van der Waals surface area contributed by atoms with Crippen LogP contribution >= 0.6 is 11.6 Å². The highest BCUT2D eigenvalue weighted by atomic mass is 35.5. The zero-order valence-corrected chi connectivity index (χ0v) is 8.58. The second-order valence-electron chi connectivity index (χ2n) is 3.66. The zero-order chi connectivity index (χ0) is 11.6. The summed E-state index contributed by atoms with van der Waals surface area (Å²) in [5, 5.41) is 8.83. The average molecular weight is 247 g/mol. The van der Waals surface area contributed by atoms with Gasteiger partial charge in [-0.05, 0) is 31.6 Å². The molecule has 0 fully saturated rings. The van der Waals surface area contributed by atoms with Gasteiger partial charge in [0, 0.05) is 0 Å². The summed E-state index contributed by atoms with van der Waals surface area (Å²) in [6, 6.07) is 0. The van der Waals surface area contributed by atoms with Gasteiger partial charge >= 0.3 is 6.18 Å². The Morgan fingerprint density at radius 2 is 2.07 bits per heavy atom. The van der Waals surface area contributed by atoms with Gasteiger partial charge in [0.25, 0.3) is 0 Å². The molecule has 0 saturated heterocycles. The number of aliphatic hydroxyl groups excluding tert-OH is 1. The molecule has 0 spiro atoms. The molecule has 0 bridgehead atoms. The third-order valence-corrected chi connectivity index (χ3v) is 2.64. The van der Waals surface area contributed by atoms with Gasteiger partial charge in [-0.15, -0.1) is 0 Å². The van der Waals surface area contributed by atoms with Crippen LogP contribution in [0.2, 0.25) is 0 Å². The summed E-state index contributed by atoms with van der Waals surface area (Å²) in [6.45, 7) is 0. The molecule has 0 aromatic carbocycles. The molecule has 6 heteroatoms. The van der Waals surface area contributed by atoms with E-state index in [0.29, 0.717) is 6.42 Å². The van der Waals surface area contributed by atoms with Crippen LogP contribution < -0.4 is 0 Å². The quantitative estimate of drug-likeness (QED) is 0.584. The lowest BCUT2D eigenvalue weighted by atomic mass is 9.86. The minimum Gasteiger partial charge on any atom is -0.378 e. The first kappa shape index (κ1) is 12.8. The molecule has 0 aromatic heterocycles. The molecule has 1 nitrogen and oxygen atoms in total. The molecule has 1 rings (SSSR count). The van der Waals surface area contributed by atoms with Gasteiger partial charge in [-0.3, -0.25) is 0 Å². The van der Waals surface area contributed by atoms with E-state index in [1.54, 1.807) is 0 Å². The molecular formula is C9H11ClF4O. The lowest BCUT2D eigenvalue weighted by Crippen LogP contribution is -2.22. The van der Waals surface area contributed by atoms with Gasteiger partial charge in [-0.25, -0.2) is 4.39 Å². The van der Waals surface area contributed by atoms with Crippen molar-refractivity contribution in [2.45, 2.75) is 37.4 Å². The van der Waals surface area contributed by atoms with Crippen LogP contribution in [0.15, 0.2) is 11.4 Å². The van der Waals surface area contributed by atoms with E-state index in [4.69, 9.17) is 16.7 Å². The number of alkyl halides is 4. The number of rotatable bonds is 2. The minimum atomic E-state index is -4.61. The number of allylic oxidation sites excluding steroid dienone is 2. The highest BCUT2D eigenvalue weighted by molar-refractivity contribution is 6.19. The first-order valence-electron chi connectivity index (χ1n) is 4.57. The molecule has 0 aliphatic heterocycles. The van der Waals surface area contributed by atoms with Crippen molar-refractivity contribution in [3.63, 3.8) is 0 Å². The van der Waals surface area contributed by atoms with Crippen LogP contribution in [0.1, 0.15) is 25.7 Å². The van der Waals surface area contributed by atoms with Crippen LogP contribution in [0.4, 0.5) is 17.6 Å². The number of halogens is 5. The fourth-order valence-electron chi connectivity index (χ4n) is 1.73. The summed E-state index contributed by atoms with van der Waals surface area (Å²) in [5.41, 5.74) is -2.26. The molecule has 0 heterocycles. The summed E-state index contributed by atoms with van der Waals surface area (Å²) in [6.07, 6.45) is -4.86. The lowest BCUT2D eigenvalue weighted by Gasteiger charge is -2.25. The third-order valence-electron chi connectivity index (χ3n) is 2.46. The van der Waals surface area contributed by atoms with Gasteiger partial charge in [0.15, 0.2) is 0 Å². The molecule has 0 amide bonds. The number of hydrogen-bond donors (Lipinski definition) is 1. The Morgan fingerprint density at radius 3 is 2.53 bits per heavy atom. The fraction of sp³-hybridized carbons (Fsp3) is 0.778. The van der Waals surface area contributed by atoms with Crippen molar-refractivity contribution in [3.8, 4) is 0 Å². The zero-order valence-electron chi connectivity index (χ0n) is 7.82. The second kappa shape index (κ2) is 4.70. The van der Waals surface area contributed by atoms with Crippen molar-refractivity contribution in [1.29, 1.82) is 0 Å². The summed E-state index contributed by atoms with van der Waals surface area (Å²) >= 11 is 5.27. The van der Waals surface area contributed by atoms with E-state index in [2.05, 4.69) is 0 Å². The topological polar surface area (TPSA) is 20.2 Å². The molecular weight excluding hydrogens is 236 g/mol. The Labute approximate surface area is 89.7 Å². The summed E-state index contributed by atoms with van der Waals surface area (Å²) in [5.74, 6) is -1.48. The summed E-state index contributed by atoms with van der Waals surface area (Å²) in [4.78, 5) is 0. The highest BCUT2D eigenvalue weighted by Crippen LogP contribution is 2.41. The molecule has 2 unspecified atom stereocenters. The van der Waals surface area contributed by atoms with Crippen LogP contribution in [0.25, 0.3) is 0 Å². The van der Waals surface area contributed by atoms with E-state index in [0.717, 1.165) is 0 Å². The first-order chi connectivity index (χ1) is 6.80. The predicted octanol–water partition coefficient (Wildman–Crippen LogP) is 3.52. The van der Waals surface area contributed by atoms with Crippen molar-refractivity contribution in [2.75, 3.05) is 0 Å². The Hall–Kier alpha value is -0.290. The summed E-state index contributed by atoms with van der Waals surface area (Å²) in [7, 11) is 0. The Balaban J connectivity index is 2.70. The predicted molar refractivity (Wildman–Crippen MR) is 48.0 cm³/mol.